The summed E-state index contributed by atoms with van der Waals surface area (Å²) in [5, 5.41) is 7.69. The van der Waals surface area contributed by atoms with Gasteiger partial charge in [-0.3, -0.25) is 0 Å². The molecular weight excluding hydrogens is 655 g/mol. The fourth-order valence-corrected chi connectivity index (χ4v) is 9.85. The lowest BCUT2D eigenvalue weighted by Gasteiger charge is -2.22. The van der Waals surface area contributed by atoms with Gasteiger partial charge >= 0.3 is 0 Å². The standard InChI is InChI=1S/C51H35N3/c1-51(2)41-27-29-48-50(49(41)39-26-24-34(31-42(39)51)54-45-22-12-8-18-37(45)38-19-9-13-23-46(38)54)40-30-33(25-28-47(40)52(48)32-14-4-3-5-15-32)53-43-20-10-6-16-35(43)36-17-7-11-21-44(36)53/h3-31H,1-2H3. The Labute approximate surface area is 312 Å². The maximum atomic E-state index is 2.46. The number of benzene rings is 8. The summed E-state index contributed by atoms with van der Waals surface area (Å²) in [6.45, 7) is 4.80. The minimum Gasteiger partial charge on any atom is -0.309 e. The van der Waals surface area contributed by atoms with Crippen LogP contribution in [0.2, 0.25) is 0 Å². The number of hydrogen-bond donors (Lipinski definition) is 0. The highest BCUT2D eigenvalue weighted by Crippen LogP contribution is 2.54. The first-order valence-corrected chi connectivity index (χ1v) is 18.9. The molecule has 254 valence electrons. The molecule has 12 rings (SSSR count). The first-order chi connectivity index (χ1) is 26.6. The number of fused-ring (bicyclic) bond motifs is 13. The summed E-state index contributed by atoms with van der Waals surface area (Å²) in [6.07, 6.45) is 0. The zero-order chi connectivity index (χ0) is 35.7. The monoisotopic (exact) mass is 689 g/mol. The SMILES string of the molecule is CC1(C)c2cc(-n3c4ccccc4c4ccccc43)ccc2-c2c1ccc1c2c2cc(-n3c4ccccc4c4ccccc43)ccc2n1-c1ccccc1. The van der Waals surface area contributed by atoms with Gasteiger partial charge in [0.15, 0.2) is 0 Å². The fourth-order valence-electron chi connectivity index (χ4n) is 9.85. The van der Waals surface area contributed by atoms with E-state index in [0.717, 1.165) is 0 Å². The molecule has 0 bridgehead atoms. The van der Waals surface area contributed by atoms with E-state index >= 15 is 0 Å². The highest BCUT2D eigenvalue weighted by Gasteiger charge is 2.38. The molecular formula is C51H35N3. The van der Waals surface area contributed by atoms with Gasteiger partial charge in [0.1, 0.15) is 0 Å². The molecule has 0 spiro atoms. The van der Waals surface area contributed by atoms with Crippen molar-refractivity contribution in [3.8, 4) is 28.2 Å². The first kappa shape index (κ1) is 29.7. The summed E-state index contributed by atoms with van der Waals surface area (Å²) in [5.41, 5.74) is 16.1. The van der Waals surface area contributed by atoms with Gasteiger partial charge in [0.05, 0.1) is 33.1 Å². The van der Waals surface area contributed by atoms with Crippen LogP contribution < -0.4 is 0 Å². The van der Waals surface area contributed by atoms with E-state index in [1.165, 1.54) is 105 Å². The van der Waals surface area contributed by atoms with Crippen LogP contribution in [-0.2, 0) is 5.41 Å². The Hall–Kier alpha value is -6.84. The van der Waals surface area contributed by atoms with Crippen LogP contribution in [-0.4, -0.2) is 13.7 Å². The van der Waals surface area contributed by atoms with E-state index in [1.807, 2.05) is 0 Å². The molecule has 0 aliphatic heterocycles. The molecule has 3 heteroatoms. The van der Waals surface area contributed by atoms with Gasteiger partial charge in [-0.25, -0.2) is 0 Å². The van der Waals surface area contributed by atoms with Gasteiger partial charge < -0.3 is 13.7 Å². The average molecular weight is 690 g/mol. The molecule has 0 saturated carbocycles. The second-order valence-corrected chi connectivity index (χ2v) is 15.3. The summed E-state index contributed by atoms with van der Waals surface area (Å²) in [5.74, 6) is 0. The van der Waals surface area contributed by atoms with Gasteiger partial charge in [-0.15, -0.1) is 0 Å². The van der Waals surface area contributed by atoms with E-state index in [2.05, 4.69) is 203 Å². The molecule has 0 atom stereocenters. The molecule has 1 aliphatic carbocycles. The molecule has 0 fully saturated rings. The molecule has 3 nitrogen and oxygen atoms in total. The second kappa shape index (κ2) is 10.6. The number of para-hydroxylation sites is 5. The fraction of sp³-hybridized carbons (Fsp3) is 0.0588. The smallest absolute Gasteiger partial charge is 0.0547 e. The van der Waals surface area contributed by atoms with Gasteiger partial charge in [0.2, 0.25) is 0 Å². The Morgan fingerprint density at radius 3 is 1.35 bits per heavy atom. The Morgan fingerprint density at radius 1 is 0.333 bits per heavy atom. The quantitative estimate of drug-likeness (QED) is 0.175. The third-order valence-corrected chi connectivity index (χ3v) is 12.2. The molecule has 1 aliphatic rings. The van der Waals surface area contributed by atoms with Crippen LogP contribution in [0.25, 0.3) is 93.6 Å². The van der Waals surface area contributed by atoms with Crippen LogP contribution in [0, 0.1) is 0 Å². The number of nitrogens with zero attached hydrogens (tertiary/aromatic N) is 3. The Bertz CT molecular complexity index is 3240. The first-order valence-electron chi connectivity index (χ1n) is 18.9. The lowest BCUT2D eigenvalue weighted by molar-refractivity contribution is 0.660. The largest absolute Gasteiger partial charge is 0.309 e. The molecule has 0 N–H and O–H groups in total. The zero-order valence-corrected chi connectivity index (χ0v) is 30.1. The van der Waals surface area contributed by atoms with E-state index in [0.29, 0.717) is 0 Å². The predicted molar refractivity (Wildman–Crippen MR) is 227 cm³/mol. The lowest BCUT2D eigenvalue weighted by Crippen LogP contribution is -2.15. The molecule has 11 aromatic rings. The van der Waals surface area contributed by atoms with E-state index < -0.39 is 0 Å². The van der Waals surface area contributed by atoms with E-state index in [-0.39, 0.29) is 5.41 Å². The Kier molecular flexibility index (Phi) is 5.84. The number of aromatic nitrogens is 3. The second-order valence-electron chi connectivity index (χ2n) is 15.3. The van der Waals surface area contributed by atoms with Crippen LogP contribution in [0.3, 0.4) is 0 Å². The summed E-state index contributed by atoms with van der Waals surface area (Å²) >= 11 is 0. The number of rotatable bonds is 3. The van der Waals surface area contributed by atoms with E-state index in [1.54, 1.807) is 0 Å². The molecule has 3 aromatic heterocycles. The van der Waals surface area contributed by atoms with Crippen LogP contribution in [0.5, 0.6) is 0 Å². The van der Waals surface area contributed by atoms with Gasteiger partial charge in [0.25, 0.3) is 0 Å². The van der Waals surface area contributed by atoms with Gasteiger partial charge in [-0.05, 0) is 95.1 Å². The summed E-state index contributed by atoms with van der Waals surface area (Å²) in [4.78, 5) is 0. The highest BCUT2D eigenvalue weighted by molar-refractivity contribution is 6.19. The summed E-state index contributed by atoms with van der Waals surface area (Å²) < 4.78 is 7.34. The number of hydrogen-bond acceptors (Lipinski definition) is 0. The van der Waals surface area contributed by atoms with Crippen molar-refractivity contribution in [2.75, 3.05) is 0 Å². The van der Waals surface area contributed by atoms with Crippen LogP contribution in [0.15, 0.2) is 176 Å². The van der Waals surface area contributed by atoms with Gasteiger partial charge in [0, 0.05) is 54.8 Å². The van der Waals surface area contributed by atoms with Crippen molar-refractivity contribution >= 4 is 65.4 Å². The van der Waals surface area contributed by atoms with Gasteiger partial charge in [-0.2, -0.15) is 0 Å². The molecule has 8 aromatic carbocycles. The maximum absolute atomic E-state index is 2.46. The van der Waals surface area contributed by atoms with Crippen molar-refractivity contribution in [2.45, 2.75) is 19.3 Å². The maximum Gasteiger partial charge on any atom is 0.0547 e. The van der Waals surface area contributed by atoms with Crippen molar-refractivity contribution in [3.63, 3.8) is 0 Å². The average Bonchev–Trinajstić information content (AvgIpc) is 3.91. The molecule has 0 amide bonds. The van der Waals surface area contributed by atoms with Crippen molar-refractivity contribution in [1.82, 2.24) is 13.7 Å². The minimum atomic E-state index is -0.195. The third kappa shape index (κ3) is 3.80. The normalized spacial score (nSPS) is 13.5. The molecule has 0 unspecified atom stereocenters. The molecule has 0 radical (unpaired) electrons. The van der Waals surface area contributed by atoms with Crippen molar-refractivity contribution in [1.29, 1.82) is 0 Å². The van der Waals surface area contributed by atoms with Crippen molar-refractivity contribution < 1.29 is 0 Å². The zero-order valence-electron chi connectivity index (χ0n) is 30.1. The predicted octanol–water partition coefficient (Wildman–Crippen LogP) is 13.3. The van der Waals surface area contributed by atoms with Crippen LogP contribution >= 0.6 is 0 Å². The molecule has 54 heavy (non-hydrogen) atoms. The highest BCUT2D eigenvalue weighted by atomic mass is 15.0. The van der Waals surface area contributed by atoms with Crippen molar-refractivity contribution in [2.24, 2.45) is 0 Å². The van der Waals surface area contributed by atoms with Gasteiger partial charge in [-0.1, -0.05) is 117 Å². The van der Waals surface area contributed by atoms with Crippen molar-refractivity contribution in [3.05, 3.63) is 187 Å². The van der Waals surface area contributed by atoms with Crippen LogP contribution in [0.1, 0.15) is 25.0 Å². The van der Waals surface area contributed by atoms with E-state index in [4.69, 9.17) is 0 Å². The molecule has 3 heterocycles. The molecule has 0 saturated heterocycles. The van der Waals surface area contributed by atoms with E-state index in [9.17, 15) is 0 Å². The minimum absolute atomic E-state index is 0.195. The Balaban J connectivity index is 1.16. The summed E-state index contributed by atoms with van der Waals surface area (Å²) in [7, 11) is 0. The lowest BCUT2D eigenvalue weighted by atomic mass is 9.82. The topological polar surface area (TPSA) is 14.8 Å². The third-order valence-electron chi connectivity index (χ3n) is 12.2. The summed E-state index contributed by atoms with van der Waals surface area (Å²) in [6, 6.07) is 65.0. The Morgan fingerprint density at radius 2 is 0.778 bits per heavy atom. The van der Waals surface area contributed by atoms with Crippen LogP contribution in [0.4, 0.5) is 0 Å².